The standard InChI is InChI=1S/C23H32N6O.HI/c1-3-16-7-5-8-17(4-2)20(16)28-23(25)27-15-19-9-6-12-26-22(19)29-13-10-18(11-14-29)21(24)30;/h5-9,12,18H,3-4,10-11,13-15H2,1-2H3,(H2,24,30)(H3,25,27,28);1H. The zero-order chi connectivity index (χ0) is 21.5. The van der Waals surface area contributed by atoms with E-state index in [1.807, 2.05) is 12.1 Å². The predicted octanol–water partition coefficient (Wildman–Crippen LogP) is 3.45. The van der Waals surface area contributed by atoms with E-state index in [9.17, 15) is 4.79 Å². The highest BCUT2D eigenvalue weighted by molar-refractivity contribution is 14.0. The minimum Gasteiger partial charge on any atom is -0.370 e. The Balaban J connectivity index is 0.00000341. The number of hydrogen-bond donors (Lipinski definition) is 3. The van der Waals surface area contributed by atoms with Gasteiger partial charge in [0.25, 0.3) is 0 Å². The highest BCUT2D eigenvalue weighted by Gasteiger charge is 2.24. The van der Waals surface area contributed by atoms with Crippen LogP contribution in [-0.2, 0) is 24.2 Å². The summed E-state index contributed by atoms with van der Waals surface area (Å²) >= 11 is 0. The number of anilines is 2. The first kappa shape index (κ1) is 24.9. The van der Waals surface area contributed by atoms with E-state index < -0.39 is 0 Å². The van der Waals surface area contributed by atoms with Gasteiger partial charge in [-0.15, -0.1) is 24.0 Å². The number of carbonyl (C=O) groups is 1. The maximum absolute atomic E-state index is 11.4. The highest BCUT2D eigenvalue weighted by Crippen LogP contribution is 2.25. The van der Waals surface area contributed by atoms with Crippen LogP contribution >= 0.6 is 24.0 Å². The maximum Gasteiger partial charge on any atom is 0.220 e. The average molecular weight is 536 g/mol. The summed E-state index contributed by atoms with van der Waals surface area (Å²) in [5.41, 5.74) is 16.2. The van der Waals surface area contributed by atoms with Gasteiger partial charge in [0, 0.05) is 36.5 Å². The van der Waals surface area contributed by atoms with E-state index in [0.717, 1.165) is 55.8 Å². The number of amides is 1. The number of benzene rings is 1. The Labute approximate surface area is 201 Å². The van der Waals surface area contributed by atoms with Crippen LogP contribution in [0.15, 0.2) is 41.5 Å². The monoisotopic (exact) mass is 536 g/mol. The van der Waals surface area contributed by atoms with Crippen LogP contribution in [0.4, 0.5) is 11.5 Å². The van der Waals surface area contributed by atoms with Crippen LogP contribution in [0.3, 0.4) is 0 Å². The number of pyridine rings is 1. The molecule has 7 nitrogen and oxygen atoms in total. The first-order valence-electron chi connectivity index (χ1n) is 10.7. The molecular formula is C23H33IN6O. The fourth-order valence-corrected chi connectivity index (χ4v) is 3.96. The molecule has 31 heavy (non-hydrogen) atoms. The molecule has 1 amide bonds. The summed E-state index contributed by atoms with van der Waals surface area (Å²) < 4.78 is 0. The van der Waals surface area contributed by atoms with Crippen molar-refractivity contribution in [2.75, 3.05) is 23.3 Å². The van der Waals surface area contributed by atoms with E-state index in [1.54, 1.807) is 6.20 Å². The van der Waals surface area contributed by atoms with Crippen molar-refractivity contribution in [1.29, 1.82) is 0 Å². The zero-order valence-electron chi connectivity index (χ0n) is 18.3. The number of hydrogen-bond acceptors (Lipinski definition) is 4. The molecule has 3 rings (SSSR count). The molecule has 0 aliphatic carbocycles. The van der Waals surface area contributed by atoms with Crippen molar-refractivity contribution in [3.05, 3.63) is 53.2 Å². The molecule has 2 aromatic rings. The zero-order valence-corrected chi connectivity index (χ0v) is 20.6. The van der Waals surface area contributed by atoms with Gasteiger partial charge in [0.1, 0.15) is 5.82 Å². The maximum atomic E-state index is 11.4. The number of nitrogens with one attached hydrogen (secondary N) is 1. The molecule has 8 heteroatoms. The summed E-state index contributed by atoms with van der Waals surface area (Å²) in [6.45, 7) is 6.23. The molecule has 1 aliphatic rings. The Morgan fingerprint density at radius 2 is 1.71 bits per heavy atom. The second-order valence-corrected chi connectivity index (χ2v) is 7.63. The van der Waals surface area contributed by atoms with Crippen molar-refractivity contribution in [1.82, 2.24) is 4.98 Å². The summed E-state index contributed by atoms with van der Waals surface area (Å²) in [4.78, 5) is 22.8. The molecule has 0 saturated carbocycles. The van der Waals surface area contributed by atoms with E-state index in [4.69, 9.17) is 11.5 Å². The lowest BCUT2D eigenvalue weighted by Gasteiger charge is -2.32. The molecule has 1 aromatic heterocycles. The molecule has 0 bridgehead atoms. The minimum absolute atomic E-state index is 0. The number of halogens is 1. The van der Waals surface area contributed by atoms with Crippen molar-refractivity contribution in [2.45, 2.75) is 46.1 Å². The fourth-order valence-electron chi connectivity index (χ4n) is 3.96. The molecule has 168 valence electrons. The second kappa shape index (κ2) is 11.9. The van der Waals surface area contributed by atoms with E-state index in [2.05, 4.69) is 52.2 Å². The predicted molar refractivity (Wildman–Crippen MR) is 138 cm³/mol. The molecule has 0 atom stereocenters. The lowest BCUT2D eigenvalue weighted by atomic mass is 9.96. The number of aryl methyl sites for hydroxylation is 2. The Morgan fingerprint density at radius 3 is 2.29 bits per heavy atom. The quantitative estimate of drug-likeness (QED) is 0.285. The van der Waals surface area contributed by atoms with Gasteiger partial charge in [-0.25, -0.2) is 9.98 Å². The van der Waals surface area contributed by atoms with Gasteiger partial charge in [-0.2, -0.15) is 0 Å². The summed E-state index contributed by atoms with van der Waals surface area (Å²) in [5, 5.41) is 3.31. The number of rotatable bonds is 7. The number of aromatic nitrogens is 1. The third-order valence-electron chi connectivity index (χ3n) is 5.74. The largest absolute Gasteiger partial charge is 0.370 e. The smallest absolute Gasteiger partial charge is 0.220 e. The lowest BCUT2D eigenvalue weighted by molar-refractivity contribution is -0.122. The number of nitrogens with zero attached hydrogens (tertiary/aromatic N) is 3. The highest BCUT2D eigenvalue weighted by atomic mass is 127. The van der Waals surface area contributed by atoms with Crippen LogP contribution in [0, 0.1) is 5.92 Å². The average Bonchev–Trinajstić information content (AvgIpc) is 2.78. The van der Waals surface area contributed by atoms with Crippen LogP contribution in [-0.4, -0.2) is 29.9 Å². The summed E-state index contributed by atoms with van der Waals surface area (Å²) in [5.74, 6) is 1.05. The van der Waals surface area contributed by atoms with E-state index >= 15 is 0 Å². The molecule has 2 heterocycles. The Bertz CT molecular complexity index is 886. The van der Waals surface area contributed by atoms with Gasteiger partial charge in [-0.05, 0) is 42.9 Å². The minimum atomic E-state index is -0.210. The Morgan fingerprint density at radius 1 is 1.10 bits per heavy atom. The van der Waals surface area contributed by atoms with E-state index in [0.29, 0.717) is 12.5 Å². The number of piperidine rings is 1. The van der Waals surface area contributed by atoms with Gasteiger partial charge in [0.15, 0.2) is 5.96 Å². The van der Waals surface area contributed by atoms with E-state index in [-0.39, 0.29) is 35.8 Å². The molecule has 1 fully saturated rings. The third kappa shape index (κ3) is 6.32. The van der Waals surface area contributed by atoms with Gasteiger partial charge in [-0.1, -0.05) is 38.1 Å². The topological polar surface area (TPSA) is 110 Å². The molecule has 0 spiro atoms. The SMILES string of the molecule is CCc1cccc(CC)c1NC(N)=NCc1cccnc1N1CCC(C(N)=O)CC1.I. The molecular weight excluding hydrogens is 503 g/mol. The fraction of sp³-hybridized carbons (Fsp3) is 0.435. The van der Waals surface area contributed by atoms with Gasteiger partial charge in [0.05, 0.1) is 6.54 Å². The molecule has 0 unspecified atom stereocenters. The normalized spacial score (nSPS) is 14.8. The summed E-state index contributed by atoms with van der Waals surface area (Å²) in [7, 11) is 0. The van der Waals surface area contributed by atoms with Gasteiger partial charge in [-0.3, -0.25) is 4.79 Å². The van der Waals surface area contributed by atoms with Crippen molar-refractivity contribution in [3.63, 3.8) is 0 Å². The third-order valence-corrected chi connectivity index (χ3v) is 5.74. The molecule has 5 N–H and O–H groups in total. The molecule has 1 saturated heterocycles. The summed E-state index contributed by atoms with van der Waals surface area (Å²) in [6, 6.07) is 10.2. The summed E-state index contributed by atoms with van der Waals surface area (Å²) in [6.07, 6.45) is 5.15. The van der Waals surface area contributed by atoms with Crippen molar-refractivity contribution in [3.8, 4) is 0 Å². The first-order valence-corrected chi connectivity index (χ1v) is 10.7. The van der Waals surface area contributed by atoms with Crippen LogP contribution in [0.2, 0.25) is 0 Å². The van der Waals surface area contributed by atoms with Gasteiger partial charge in [0.2, 0.25) is 5.91 Å². The number of nitrogens with two attached hydrogens (primary N) is 2. The number of guanidine groups is 1. The number of carbonyl (C=O) groups excluding carboxylic acids is 1. The second-order valence-electron chi connectivity index (χ2n) is 7.63. The molecule has 1 aliphatic heterocycles. The van der Waals surface area contributed by atoms with Crippen LogP contribution in [0.25, 0.3) is 0 Å². The number of aliphatic imine (C=N–C) groups is 1. The number of para-hydroxylation sites is 1. The molecule has 1 aromatic carbocycles. The van der Waals surface area contributed by atoms with Crippen molar-refractivity contribution >= 4 is 47.3 Å². The lowest BCUT2D eigenvalue weighted by Crippen LogP contribution is -2.39. The van der Waals surface area contributed by atoms with Crippen molar-refractivity contribution in [2.24, 2.45) is 22.4 Å². The van der Waals surface area contributed by atoms with Crippen LogP contribution in [0.1, 0.15) is 43.4 Å². The molecule has 0 radical (unpaired) electrons. The van der Waals surface area contributed by atoms with Crippen molar-refractivity contribution < 1.29 is 4.79 Å². The van der Waals surface area contributed by atoms with Gasteiger partial charge < -0.3 is 21.7 Å². The number of primary amides is 1. The Hall–Kier alpha value is -2.36. The van der Waals surface area contributed by atoms with Crippen LogP contribution in [0.5, 0.6) is 0 Å². The van der Waals surface area contributed by atoms with Crippen LogP contribution < -0.4 is 21.7 Å². The van der Waals surface area contributed by atoms with Gasteiger partial charge >= 0.3 is 0 Å². The van der Waals surface area contributed by atoms with E-state index in [1.165, 1.54) is 11.1 Å². The Kier molecular flexibility index (Phi) is 9.54. The first-order chi connectivity index (χ1) is 14.5.